The molecule has 4 heteroatoms. The highest BCUT2D eigenvalue weighted by atomic mass is 16.5. The molecule has 2 heterocycles. The summed E-state index contributed by atoms with van der Waals surface area (Å²) in [5.41, 5.74) is 3.06. The molecular formula is C22H24N2O2. The standard InChI is InChI=1S/C22H24N2O2/c25-22(23-15-17-9-12-26-13-10-17)20-7-6-19-8-11-24(21(19)14-20)16-18-4-2-1-3-5-18/h1-8,11,14,17H,9-10,12-13,15-16H2,(H,23,25). The van der Waals surface area contributed by atoms with Gasteiger partial charge < -0.3 is 14.6 Å². The highest BCUT2D eigenvalue weighted by Crippen LogP contribution is 2.20. The van der Waals surface area contributed by atoms with Gasteiger partial charge in [-0.2, -0.15) is 0 Å². The summed E-state index contributed by atoms with van der Waals surface area (Å²) in [6.07, 6.45) is 4.14. The number of rotatable bonds is 5. The largest absolute Gasteiger partial charge is 0.381 e. The summed E-state index contributed by atoms with van der Waals surface area (Å²) >= 11 is 0. The van der Waals surface area contributed by atoms with Crippen LogP contribution < -0.4 is 5.32 Å². The van der Waals surface area contributed by atoms with E-state index in [2.05, 4.69) is 46.4 Å². The number of carbonyl (C=O) groups excluding carboxylic acids is 1. The Kier molecular flexibility index (Phi) is 5.02. The van der Waals surface area contributed by atoms with Crippen LogP contribution in [0.15, 0.2) is 60.8 Å². The summed E-state index contributed by atoms with van der Waals surface area (Å²) in [7, 11) is 0. The van der Waals surface area contributed by atoms with Crippen LogP contribution in [0, 0.1) is 5.92 Å². The first-order valence-corrected chi connectivity index (χ1v) is 9.28. The minimum atomic E-state index is 0.00542. The van der Waals surface area contributed by atoms with Crippen LogP contribution in [0.5, 0.6) is 0 Å². The van der Waals surface area contributed by atoms with Gasteiger partial charge in [-0.05, 0) is 47.9 Å². The average molecular weight is 348 g/mol. The van der Waals surface area contributed by atoms with E-state index in [4.69, 9.17) is 4.74 Å². The van der Waals surface area contributed by atoms with Crippen molar-refractivity contribution in [3.63, 3.8) is 0 Å². The van der Waals surface area contributed by atoms with Crippen LogP contribution in [-0.2, 0) is 11.3 Å². The number of benzene rings is 2. The van der Waals surface area contributed by atoms with Crippen LogP contribution in [0.1, 0.15) is 28.8 Å². The van der Waals surface area contributed by atoms with E-state index in [0.29, 0.717) is 5.92 Å². The highest BCUT2D eigenvalue weighted by Gasteiger charge is 2.15. The molecule has 1 amide bonds. The van der Waals surface area contributed by atoms with Gasteiger partial charge in [-0.15, -0.1) is 0 Å². The number of amides is 1. The van der Waals surface area contributed by atoms with Gasteiger partial charge >= 0.3 is 0 Å². The van der Waals surface area contributed by atoms with Gasteiger partial charge in [0.25, 0.3) is 5.91 Å². The van der Waals surface area contributed by atoms with Crippen LogP contribution in [0.2, 0.25) is 0 Å². The van der Waals surface area contributed by atoms with Crippen molar-refractivity contribution in [3.05, 3.63) is 71.9 Å². The summed E-state index contributed by atoms with van der Waals surface area (Å²) in [4.78, 5) is 12.6. The molecule has 0 aliphatic carbocycles. The lowest BCUT2D eigenvalue weighted by Gasteiger charge is -2.22. The number of ether oxygens (including phenoxy) is 1. The minimum absolute atomic E-state index is 0.00542. The summed E-state index contributed by atoms with van der Waals surface area (Å²) < 4.78 is 7.57. The summed E-state index contributed by atoms with van der Waals surface area (Å²) in [6, 6.07) is 18.4. The maximum Gasteiger partial charge on any atom is 0.251 e. The van der Waals surface area contributed by atoms with Gasteiger partial charge in [0.2, 0.25) is 0 Å². The average Bonchev–Trinajstić information content (AvgIpc) is 3.10. The predicted octanol–water partition coefficient (Wildman–Crippen LogP) is 3.85. The van der Waals surface area contributed by atoms with E-state index in [1.165, 1.54) is 5.56 Å². The fraction of sp³-hybridized carbons (Fsp3) is 0.318. The molecule has 0 radical (unpaired) electrons. The van der Waals surface area contributed by atoms with Gasteiger partial charge in [-0.1, -0.05) is 36.4 Å². The third-order valence-corrected chi connectivity index (χ3v) is 5.12. The zero-order valence-corrected chi connectivity index (χ0v) is 14.9. The SMILES string of the molecule is O=C(NCC1CCOCC1)c1ccc2ccn(Cc3ccccc3)c2c1. The van der Waals surface area contributed by atoms with Crippen molar-refractivity contribution in [2.75, 3.05) is 19.8 Å². The number of hydrogen-bond donors (Lipinski definition) is 1. The third-order valence-electron chi connectivity index (χ3n) is 5.12. The maximum absolute atomic E-state index is 12.6. The molecule has 1 aliphatic rings. The minimum Gasteiger partial charge on any atom is -0.381 e. The zero-order valence-electron chi connectivity index (χ0n) is 14.9. The first-order chi connectivity index (χ1) is 12.8. The lowest BCUT2D eigenvalue weighted by atomic mass is 10.0. The summed E-state index contributed by atoms with van der Waals surface area (Å²) in [6.45, 7) is 3.14. The number of nitrogens with zero attached hydrogens (tertiary/aromatic N) is 1. The second-order valence-corrected chi connectivity index (χ2v) is 6.97. The molecule has 1 aromatic heterocycles. The smallest absolute Gasteiger partial charge is 0.251 e. The Morgan fingerprint density at radius 2 is 1.88 bits per heavy atom. The Morgan fingerprint density at radius 3 is 2.69 bits per heavy atom. The molecule has 0 saturated carbocycles. The summed E-state index contributed by atoms with van der Waals surface area (Å²) in [5.74, 6) is 0.532. The molecule has 1 N–H and O–H groups in total. The van der Waals surface area contributed by atoms with Gasteiger partial charge in [0.15, 0.2) is 0 Å². The van der Waals surface area contributed by atoms with Crippen molar-refractivity contribution in [1.82, 2.24) is 9.88 Å². The second-order valence-electron chi connectivity index (χ2n) is 6.97. The molecule has 0 unspecified atom stereocenters. The van der Waals surface area contributed by atoms with Crippen molar-refractivity contribution >= 4 is 16.8 Å². The molecule has 134 valence electrons. The van der Waals surface area contributed by atoms with E-state index < -0.39 is 0 Å². The predicted molar refractivity (Wildman–Crippen MR) is 103 cm³/mol. The normalized spacial score (nSPS) is 15.2. The molecule has 0 spiro atoms. The maximum atomic E-state index is 12.6. The second kappa shape index (κ2) is 7.75. The first kappa shape index (κ1) is 16.9. The fourth-order valence-corrected chi connectivity index (χ4v) is 3.53. The third kappa shape index (κ3) is 3.81. The van der Waals surface area contributed by atoms with Crippen LogP contribution >= 0.6 is 0 Å². The summed E-state index contributed by atoms with van der Waals surface area (Å²) in [5, 5.41) is 4.25. The van der Waals surface area contributed by atoms with Crippen LogP contribution in [0.4, 0.5) is 0 Å². The number of fused-ring (bicyclic) bond motifs is 1. The lowest BCUT2D eigenvalue weighted by molar-refractivity contribution is 0.0642. The van der Waals surface area contributed by atoms with Gasteiger partial charge in [0.05, 0.1) is 0 Å². The molecule has 26 heavy (non-hydrogen) atoms. The molecule has 0 bridgehead atoms. The van der Waals surface area contributed by atoms with Crippen molar-refractivity contribution in [2.45, 2.75) is 19.4 Å². The van der Waals surface area contributed by atoms with Crippen molar-refractivity contribution in [2.24, 2.45) is 5.92 Å². The molecule has 1 fully saturated rings. The fourth-order valence-electron chi connectivity index (χ4n) is 3.53. The van der Waals surface area contributed by atoms with Crippen molar-refractivity contribution in [3.8, 4) is 0 Å². The van der Waals surface area contributed by atoms with E-state index in [0.717, 1.165) is 55.6 Å². The van der Waals surface area contributed by atoms with E-state index in [1.807, 2.05) is 24.3 Å². The van der Waals surface area contributed by atoms with Gasteiger partial charge in [-0.25, -0.2) is 0 Å². The Balaban J connectivity index is 1.49. The molecule has 4 nitrogen and oxygen atoms in total. The topological polar surface area (TPSA) is 43.3 Å². The first-order valence-electron chi connectivity index (χ1n) is 9.28. The monoisotopic (exact) mass is 348 g/mol. The Hall–Kier alpha value is -2.59. The molecule has 0 atom stereocenters. The van der Waals surface area contributed by atoms with Crippen molar-refractivity contribution < 1.29 is 9.53 Å². The highest BCUT2D eigenvalue weighted by molar-refractivity contribution is 5.98. The zero-order chi connectivity index (χ0) is 17.8. The molecular weight excluding hydrogens is 324 g/mol. The molecule has 4 rings (SSSR count). The lowest BCUT2D eigenvalue weighted by Crippen LogP contribution is -2.32. The molecule has 2 aromatic carbocycles. The van der Waals surface area contributed by atoms with E-state index in [1.54, 1.807) is 0 Å². The van der Waals surface area contributed by atoms with Crippen LogP contribution in [0.25, 0.3) is 10.9 Å². The number of aromatic nitrogens is 1. The van der Waals surface area contributed by atoms with Gasteiger partial charge in [-0.3, -0.25) is 4.79 Å². The quantitative estimate of drug-likeness (QED) is 0.761. The van der Waals surface area contributed by atoms with Gasteiger partial charge in [0.1, 0.15) is 0 Å². The van der Waals surface area contributed by atoms with Crippen LogP contribution in [0.3, 0.4) is 0 Å². The van der Waals surface area contributed by atoms with Crippen LogP contribution in [-0.4, -0.2) is 30.2 Å². The Labute approximate surface area is 153 Å². The molecule has 1 saturated heterocycles. The molecule has 1 aliphatic heterocycles. The van der Waals surface area contributed by atoms with E-state index in [-0.39, 0.29) is 5.91 Å². The Bertz CT molecular complexity index is 880. The van der Waals surface area contributed by atoms with Gasteiger partial charge in [0, 0.05) is 43.6 Å². The van der Waals surface area contributed by atoms with Crippen molar-refractivity contribution in [1.29, 1.82) is 0 Å². The van der Waals surface area contributed by atoms with E-state index >= 15 is 0 Å². The number of hydrogen-bond acceptors (Lipinski definition) is 2. The molecule has 3 aromatic rings. The van der Waals surface area contributed by atoms with E-state index in [9.17, 15) is 4.79 Å². The number of nitrogens with one attached hydrogen (secondary N) is 1. The Morgan fingerprint density at radius 1 is 1.08 bits per heavy atom. The number of carbonyl (C=O) groups is 1.